The Labute approximate surface area is 205 Å². The molecule has 172 valence electrons. The van der Waals surface area contributed by atoms with Gasteiger partial charge in [-0.1, -0.05) is 47.6 Å². The van der Waals surface area contributed by atoms with Crippen LogP contribution in [0.15, 0.2) is 87.9 Å². The van der Waals surface area contributed by atoms with Gasteiger partial charge in [0.2, 0.25) is 0 Å². The average molecular weight is 494 g/mol. The summed E-state index contributed by atoms with van der Waals surface area (Å²) in [5.41, 5.74) is 2.51. The first-order valence-electron chi connectivity index (χ1n) is 10.5. The molecule has 10 heteroatoms. The highest BCUT2D eigenvalue weighted by Crippen LogP contribution is 2.34. The zero-order chi connectivity index (χ0) is 23.5. The Morgan fingerprint density at radius 2 is 2.00 bits per heavy atom. The van der Waals surface area contributed by atoms with E-state index in [2.05, 4.69) is 15.3 Å². The molecule has 0 saturated carbocycles. The van der Waals surface area contributed by atoms with Gasteiger partial charge in [-0.15, -0.1) is 10.2 Å². The predicted octanol–water partition coefficient (Wildman–Crippen LogP) is 4.99. The second kappa shape index (κ2) is 9.74. The Bertz CT molecular complexity index is 1320. The van der Waals surface area contributed by atoms with E-state index in [-0.39, 0.29) is 17.7 Å². The molecule has 8 nitrogen and oxygen atoms in total. The fraction of sp³-hybridized carbons (Fsp3) is 0.167. The summed E-state index contributed by atoms with van der Waals surface area (Å²) in [6, 6.07) is 18.3. The molecule has 0 bridgehead atoms. The number of benzene rings is 2. The summed E-state index contributed by atoms with van der Waals surface area (Å²) in [6.07, 6.45) is 3.74. The van der Waals surface area contributed by atoms with E-state index < -0.39 is 0 Å². The number of carbonyl (C=O) groups excluding carboxylic acids is 1. The first-order chi connectivity index (χ1) is 16.6. The van der Waals surface area contributed by atoms with Crippen molar-refractivity contribution in [3.63, 3.8) is 0 Å². The van der Waals surface area contributed by atoms with Crippen molar-refractivity contribution in [1.82, 2.24) is 19.8 Å². The number of methoxy groups -OCH3 is 1. The Kier molecular flexibility index (Phi) is 6.37. The molecule has 0 N–H and O–H groups in total. The molecule has 1 atom stereocenters. The van der Waals surface area contributed by atoms with E-state index in [1.165, 1.54) is 16.8 Å². The normalized spacial score (nSPS) is 15.4. The van der Waals surface area contributed by atoms with Gasteiger partial charge in [-0.3, -0.25) is 9.36 Å². The molecule has 3 heterocycles. The van der Waals surface area contributed by atoms with Gasteiger partial charge < -0.3 is 9.15 Å². The molecule has 4 aromatic rings. The molecule has 1 amide bonds. The number of hydrogen-bond acceptors (Lipinski definition) is 7. The number of ether oxygens (including phenoxy) is 1. The van der Waals surface area contributed by atoms with E-state index >= 15 is 0 Å². The SMILES string of the molecule is COc1ccccc1-n1cnnc1SCC(=O)N1N=C(c2ccc(Cl)cc2)C[C@@H]1c1ccco1. The molecule has 1 aliphatic rings. The molecule has 2 aromatic heterocycles. The minimum absolute atomic E-state index is 0.127. The van der Waals surface area contributed by atoms with Gasteiger partial charge in [0.1, 0.15) is 23.9 Å². The van der Waals surface area contributed by atoms with Crippen LogP contribution in [0.5, 0.6) is 5.75 Å². The fourth-order valence-corrected chi connectivity index (χ4v) is 4.67. The summed E-state index contributed by atoms with van der Waals surface area (Å²) in [6.45, 7) is 0. The van der Waals surface area contributed by atoms with Crippen LogP contribution < -0.4 is 4.74 Å². The first kappa shape index (κ1) is 22.2. The molecule has 0 unspecified atom stereocenters. The molecule has 0 spiro atoms. The van der Waals surface area contributed by atoms with Crippen molar-refractivity contribution in [2.75, 3.05) is 12.9 Å². The van der Waals surface area contributed by atoms with Crippen LogP contribution in [-0.2, 0) is 4.79 Å². The third-order valence-electron chi connectivity index (χ3n) is 5.40. The van der Waals surface area contributed by atoms with Gasteiger partial charge >= 0.3 is 0 Å². The summed E-state index contributed by atoms with van der Waals surface area (Å²) in [4.78, 5) is 13.3. The van der Waals surface area contributed by atoms with Gasteiger partial charge in [-0.05, 0) is 42.0 Å². The van der Waals surface area contributed by atoms with Gasteiger partial charge in [-0.2, -0.15) is 5.10 Å². The molecule has 0 aliphatic carbocycles. The van der Waals surface area contributed by atoms with Crippen molar-refractivity contribution in [1.29, 1.82) is 0 Å². The van der Waals surface area contributed by atoms with Crippen LogP contribution in [0.2, 0.25) is 5.02 Å². The van der Waals surface area contributed by atoms with Crippen molar-refractivity contribution in [3.8, 4) is 11.4 Å². The molecule has 2 aromatic carbocycles. The van der Waals surface area contributed by atoms with Crippen molar-refractivity contribution >= 4 is 35.0 Å². The van der Waals surface area contributed by atoms with Gasteiger partial charge in [0.25, 0.3) is 5.91 Å². The van der Waals surface area contributed by atoms with Crippen LogP contribution >= 0.6 is 23.4 Å². The molecule has 0 fully saturated rings. The molecule has 0 radical (unpaired) electrons. The van der Waals surface area contributed by atoms with Gasteiger partial charge in [0.05, 0.1) is 30.5 Å². The minimum atomic E-state index is -0.319. The lowest BCUT2D eigenvalue weighted by Crippen LogP contribution is -2.28. The smallest absolute Gasteiger partial charge is 0.253 e. The number of thioether (sulfide) groups is 1. The summed E-state index contributed by atoms with van der Waals surface area (Å²) in [7, 11) is 1.61. The van der Waals surface area contributed by atoms with E-state index in [4.69, 9.17) is 20.8 Å². The van der Waals surface area contributed by atoms with Gasteiger partial charge in [0.15, 0.2) is 5.16 Å². The number of halogens is 1. The van der Waals surface area contributed by atoms with E-state index in [0.717, 1.165) is 17.0 Å². The number of furan rings is 1. The Balaban J connectivity index is 1.37. The highest BCUT2D eigenvalue weighted by atomic mass is 35.5. The maximum atomic E-state index is 13.3. The van der Waals surface area contributed by atoms with Crippen LogP contribution in [-0.4, -0.2) is 44.3 Å². The molecular formula is C24H20ClN5O3S. The zero-order valence-electron chi connectivity index (χ0n) is 18.2. The lowest BCUT2D eigenvalue weighted by atomic mass is 10.0. The van der Waals surface area contributed by atoms with Crippen molar-refractivity contribution < 1.29 is 13.9 Å². The second-order valence-corrected chi connectivity index (χ2v) is 8.85. The lowest BCUT2D eigenvalue weighted by molar-refractivity contribution is -0.130. The van der Waals surface area contributed by atoms with E-state index in [9.17, 15) is 4.79 Å². The third-order valence-corrected chi connectivity index (χ3v) is 6.58. The molecule has 5 rings (SSSR count). The van der Waals surface area contributed by atoms with Crippen LogP contribution in [0.3, 0.4) is 0 Å². The van der Waals surface area contributed by atoms with E-state index in [1.807, 2.05) is 60.7 Å². The Hall–Kier alpha value is -3.56. The van der Waals surface area contributed by atoms with Crippen LogP contribution in [0.4, 0.5) is 0 Å². The van der Waals surface area contributed by atoms with Crippen molar-refractivity contribution in [3.05, 3.63) is 89.6 Å². The van der Waals surface area contributed by atoms with E-state index in [1.54, 1.807) is 24.3 Å². The fourth-order valence-electron chi connectivity index (χ4n) is 3.77. The van der Waals surface area contributed by atoms with Crippen molar-refractivity contribution in [2.45, 2.75) is 17.6 Å². The molecule has 34 heavy (non-hydrogen) atoms. The average Bonchev–Trinajstić information content (AvgIpc) is 3.63. The zero-order valence-corrected chi connectivity index (χ0v) is 19.7. The number of hydrogen-bond donors (Lipinski definition) is 0. The number of hydrazone groups is 1. The molecule has 1 aliphatic heterocycles. The van der Waals surface area contributed by atoms with Gasteiger partial charge in [-0.25, -0.2) is 5.01 Å². The lowest BCUT2D eigenvalue weighted by Gasteiger charge is -2.19. The summed E-state index contributed by atoms with van der Waals surface area (Å²) < 4.78 is 12.9. The first-order valence-corrected chi connectivity index (χ1v) is 11.9. The van der Waals surface area contributed by atoms with E-state index in [0.29, 0.717) is 28.1 Å². The Morgan fingerprint density at radius 3 is 2.76 bits per heavy atom. The number of carbonyl (C=O) groups is 1. The summed E-state index contributed by atoms with van der Waals surface area (Å²) in [5.74, 6) is 1.33. The monoisotopic (exact) mass is 493 g/mol. The van der Waals surface area contributed by atoms with Crippen molar-refractivity contribution in [2.24, 2.45) is 5.10 Å². The topological polar surface area (TPSA) is 85.8 Å². The van der Waals surface area contributed by atoms with Crippen LogP contribution in [0.25, 0.3) is 5.69 Å². The highest BCUT2D eigenvalue weighted by molar-refractivity contribution is 7.99. The number of rotatable bonds is 7. The maximum Gasteiger partial charge on any atom is 0.253 e. The Morgan fingerprint density at radius 1 is 1.18 bits per heavy atom. The standard InChI is InChI=1S/C24H20ClN5O3S/c1-32-21-6-3-2-5-19(21)29-15-26-27-24(29)34-14-23(31)30-20(22-7-4-12-33-22)13-18(28-30)16-8-10-17(25)11-9-16/h2-12,15,20H,13-14H2,1H3/t20-/m1/s1. The molecule has 0 saturated heterocycles. The number of aromatic nitrogens is 3. The number of nitrogens with zero attached hydrogens (tertiary/aromatic N) is 5. The van der Waals surface area contributed by atoms with Gasteiger partial charge in [0, 0.05) is 11.4 Å². The molecular weight excluding hydrogens is 474 g/mol. The minimum Gasteiger partial charge on any atom is -0.495 e. The highest BCUT2D eigenvalue weighted by Gasteiger charge is 2.35. The number of para-hydroxylation sites is 2. The largest absolute Gasteiger partial charge is 0.495 e. The maximum absolute atomic E-state index is 13.3. The van der Waals surface area contributed by atoms with Crippen LogP contribution in [0, 0.1) is 0 Å². The number of amides is 1. The summed E-state index contributed by atoms with van der Waals surface area (Å²) >= 11 is 7.32. The second-order valence-electron chi connectivity index (χ2n) is 7.47. The summed E-state index contributed by atoms with van der Waals surface area (Å²) in [5, 5.41) is 15.6. The third kappa shape index (κ3) is 4.44. The predicted molar refractivity (Wildman–Crippen MR) is 130 cm³/mol. The quantitative estimate of drug-likeness (QED) is 0.337. The van der Waals surface area contributed by atoms with Crippen LogP contribution in [0.1, 0.15) is 23.8 Å².